The standard InChI is InChI=1S/C23H34O5S/c1-5-6-7-8-19(22(26)28-4)20-13-17(24)14-23(20,27)11-9-21(25)15(2)18-10-12-29-16(18)3/h8-12,15,17,20-21,24-25,27H,5-7,13-14H2,1-4H3. The predicted octanol–water partition coefficient (Wildman–Crippen LogP) is 3.87. The smallest absolute Gasteiger partial charge is 0.333 e. The van der Waals surface area contributed by atoms with Crippen molar-refractivity contribution >= 4 is 17.3 Å². The van der Waals surface area contributed by atoms with E-state index in [4.69, 9.17) is 4.74 Å². The highest BCUT2D eigenvalue weighted by Gasteiger charge is 2.47. The molecule has 0 saturated heterocycles. The molecular formula is C23H34O5S. The lowest BCUT2D eigenvalue weighted by Gasteiger charge is -2.28. The fourth-order valence-electron chi connectivity index (χ4n) is 4.09. The van der Waals surface area contributed by atoms with Gasteiger partial charge in [-0.1, -0.05) is 44.9 Å². The molecule has 29 heavy (non-hydrogen) atoms. The molecule has 5 unspecified atom stereocenters. The van der Waals surface area contributed by atoms with Gasteiger partial charge in [0.25, 0.3) is 0 Å². The average Bonchev–Trinajstić information content (AvgIpc) is 3.25. The second-order valence-electron chi connectivity index (χ2n) is 8.00. The summed E-state index contributed by atoms with van der Waals surface area (Å²) in [5.74, 6) is -1.16. The molecule has 0 amide bonds. The molecule has 0 radical (unpaired) electrons. The van der Waals surface area contributed by atoms with Gasteiger partial charge in [-0.25, -0.2) is 4.79 Å². The lowest BCUT2D eigenvalue weighted by molar-refractivity contribution is -0.137. The summed E-state index contributed by atoms with van der Waals surface area (Å²) < 4.78 is 4.94. The van der Waals surface area contributed by atoms with Gasteiger partial charge in [0.05, 0.1) is 24.9 Å². The van der Waals surface area contributed by atoms with Gasteiger partial charge in [0.1, 0.15) is 0 Å². The number of aliphatic hydroxyl groups is 3. The number of carbonyl (C=O) groups excluding carboxylic acids is 1. The summed E-state index contributed by atoms with van der Waals surface area (Å²) in [6.45, 7) is 6.04. The summed E-state index contributed by atoms with van der Waals surface area (Å²) in [7, 11) is 1.32. The number of aryl methyl sites for hydroxylation is 1. The van der Waals surface area contributed by atoms with Crippen molar-refractivity contribution in [2.45, 2.75) is 76.6 Å². The molecule has 162 valence electrons. The third kappa shape index (κ3) is 5.79. The average molecular weight is 423 g/mol. The summed E-state index contributed by atoms with van der Waals surface area (Å²) in [5.41, 5.74) is 0.0773. The fraction of sp³-hybridized carbons (Fsp3) is 0.609. The summed E-state index contributed by atoms with van der Waals surface area (Å²) >= 11 is 1.64. The van der Waals surface area contributed by atoms with Crippen LogP contribution in [0.2, 0.25) is 0 Å². The van der Waals surface area contributed by atoms with E-state index in [-0.39, 0.29) is 18.8 Å². The Morgan fingerprint density at radius 1 is 1.48 bits per heavy atom. The van der Waals surface area contributed by atoms with E-state index in [9.17, 15) is 20.1 Å². The van der Waals surface area contributed by atoms with Crippen molar-refractivity contribution in [3.05, 3.63) is 45.7 Å². The van der Waals surface area contributed by atoms with E-state index in [1.807, 2.05) is 31.4 Å². The van der Waals surface area contributed by atoms with E-state index in [0.717, 1.165) is 23.3 Å². The zero-order valence-corrected chi connectivity index (χ0v) is 18.6. The minimum atomic E-state index is -1.41. The van der Waals surface area contributed by atoms with Crippen molar-refractivity contribution in [3.8, 4) is 0 Å². The predicted molar refractivity (Wildman–Crippen MR) is 116 cm³/mol. The van der Waals surface area contributed by atoms with Crippen LogP contribution in [0.5, 0.6) is 0 Å². The van der Waals surface area contributed by atoms with Gasteiger partial charge >= 0.3 is 5.97 Å². The highest BCUT2D eigenvalue weighted by atomic mass is 32.1. The molecule has 3 N–H and O–H groups in total. The van der Waals surface area contributed by atoms with Gasteiger partial charge in [0.15, 0.2) is 0 Å². The molecule has 1 aliphatic rings. The molecule has 0 aromatic carbocycles. The Morgan fingerprint density at radius 2 is 2.21 bits per heavy atom. The number of hydrogen-bond acceptors (Lipinski definition) is 6. The zero-order chi connectivity index (χ0) is 21.6. The van der Waals surface area contributed by atoms with Gasteiger partial charge in [-0.2, -0.15) is 0 Å². The Bertz CT molecular complexity index is 737. The second kappa shape index (κ2) is 10.5. The van der Waals surface area contributed by atoms with E-state index in [2.05, 4.69) is 6.92 Å². The van der Waals surface area contributed by atoms with Crippen LogP contribution in [0.25, 0.3) is 0 Å². The SMILES string of the molecule is CCCCC=C(C(=O)OC)C1CC(O)CC1(O)C=CC(O)C(C)c1ccsc1C. The van der Waals surface area contributed by atoms with E-state index < -0.39 is 29.7 Å². The molecule has 0 spiro atoms. The molecule has 1 heterocycles. The first-order valence-electron chi connectivity index (χ1n) is 10.3. The van der Waals surface area contributed by atoms with Crippen molar-refractivity contribution in [2.24, 2.45) is 5.92 Å². The molecule has 6 heteroatoms. The lowest BCUT2D eigenvalue weighted by atomic mass is 9.82. The van der Waals surface area contributed by atoms with E-state index in [1.54, 1.807) is 23.5 Å². The van der Waals surface area contributed by atoms with Crippen LogP contribution < -0.4 is 0 Å². The molecular weight excluding hydrogens is 388 g/mol. The fourth-order valence-corrected chi connectivity index (χ4v) is 4.90. The Labute approximate surface area is 177 Å². The van der Waals surface area contributed by atoms with Crippen LogP contribution in [0.3, 0.4) is 0 Å². The molecule has 1 fully saturated rings. The largest absolute Gasteiger partial charge is 0.466 e. The number of unbranched alkanes of at least 4 members (excludes halogenated alkanes) is 2. The molecule has 0 bridgehead atoms. The number of aliphatic hydroxyl groups excluding tert-OH is 2. The number of methoxy groups -OCH3 is 1. The minimum absolute atomic E-state index is 0.119. The highest BCUT2D eigenvalue weighted by molar-refractivity contribution is 7.10. The Hall–Kier alpha value is -1.47. The van der Waals surface area contributed by atoms with Crippen LogP contribution in [0.1, 0.15) is 62.3 Å². The number of esters is 1. The number of ether oxygens (including phenoxy) is 1. The third-order valence-corrected chi connectivity index (χ3v) is 6.74. The number of hydrogen-bond donors (Lipinski definition) is 3. The van der Waals surface area contributed by atoms with E-state index in [1.165, 1.54) is 7.11 Å². The van der Waals surface area contributed by atoms with Crippen LogP contribution in [0.15, 0.2) is 35.2 Å². The van der Waals surface area contributed by atoms with Crippen LogP contribution >= 0.6 is 11.3 Å². The highest BCUT2D eigenvalue weighted by Crippen LogP contribution is 2.42. The van der Waals surface area contributed by atoms with Crippen LogP contribution in [-0.2, 0) is 9.53 Å². The molecule has 2 rings (SSSR count). The van der Waals surface area contributed by atoms with Crippen molar-refractivity contribution < 1.29 is 24.9 Å². The van der Waals surface area contributed by atoms with Gasteiger partial charge in [-0.3, -0.25) is 0 Å². The molecule has 1 aromatic rings. The lowest BCUT2D eigenvalue weighted by Crippen LogP contribution is -2.35. The maximum absolute atomic E-state index is 12.4. The van der Waals surface area contributed by atoms with Crippen molar-refractivity contribution in [2.75, 3.05) is 7.11 Å². The molecule has 0 aliphatic heterocycles. The van der Waals surface area contributed by atoms with Crippen LogP contribution in [0.4, 0.5) is 0 Å². The van der Waals surface area contributed by atoms with Gasteiger partial charge in [0.2, 0.25) is 0 Å². The number of rotatable bonds is 9. The molecule has 1 aliphatic carbocycles. The normalized spacial score (nSPS) is 27.3. The van der Waals surface area contributed by atoms with Gasteiger partial charge < -0.3 is 20.1 Å². The summed E-state index contributed by atoms with van der Waals surface area (Å²) in [6.07, 6.45) is 6.52. The van der Waals surface area contributed by atoms with Crippen molar-refractivity contribution in [1.82, 2.24) is 0 Å². The zero-order valence-electron chi connectivity index (χ0n) is 17.8. The Kier molecular flexibility index (Phi) is 8.64. The summed E-state index contributed by atoms with van der Waals surface area (Å²) in [6, 6.07) is 2.00. The van der Waals surface area contributed by atoms with E-state index in [0.29, 0.717) is 12.0 Å². The first-order chi connectivity index (χ1) is 13.7. The third-order valence-electron chi connectivity index (χ3n) is 5.88. The number of carbonyl (C=O) groups is 1. The maximum Gasteiger partial charge on any atom is 0.333 e. The van der Waals surface area contributed by atoms with Crippen LogP contribution in [-0.4, -0.2) is 46.2 Å². The molecule has 1 saturated carbocycles. The van der Waals surface area contributed by atoms with E-state index >= 15 is 0 Å². The first kappa shape index (κ1) is 23.8. The quantitative estimate of drug-likeness (QED) is 0.243. The number of thiophene rings is 1. The number of allylic oxidation sites excluding steroid dienone is 1. The Morgan fingerprint density at radius 3 is 2.79 bits per heavy atom. The Balaban J connectivity index is 2.25. The maximum atomic E-state index is 12.4. The molecule has 5 atom stereocenters. The summed E-state index contributed by atoms with van der Waals surface area (Å²) in [5, 5.41) is 34.2. The molecule has 1 aromatic heterocycles. The molecule has 5 nitrogen and oxygen atoms in total. The first-order valence-corrected chi connectivity index (χ1v) is 11.2. The van der Waals surface area contributed by atoms with Crippen LogP contribution in [0, 0.1) is 12.8 Å². The van der Waals surface area contributed by atoms with Gasteiger partial charge in [-0.15, -0.1) is 11.3 Å². The van der Waals surface area contributed by atoms with Gasteiger partial charge in [-0.05, 0) is 36.8 Å². The minimum Gasteiger partial charge on any atom is -0.466 e. The monoisotopic (exact) mass is 422 g/mol. The topological polar surface area (TPSA) is 87.0 Å². The summed E-state index contributed by atoms with van der Waals surface area (Å²) in [4.78, 5) is 13.5. The second-order valence-corrected chi connectivity index (χ2v) is 9.12. The van der Waals surface area contributed by atoms with Gasteiger partial charge in [0, 0.05) is 28.7 Å². The van der Waals surface area contributed by atoms with Crippen molar-refractivity contribution in [1.29, 1.82) is 0 Å². The van der Waals surface area contributed by atoms with Crippen molar-refractivity contribution in [3.63, 3.8) is 0 Å².